The van der Waals surface area contributed by atoms with E-state index >= 15 is 0 Å². The van der Waals surface area contributed by atoms with Crippen molar-refractivity contribution in [1.29, 1.82) is 5.26 Å². The van der Waals surface area contributed by atoms with Crippen LogP contribution in [0, 0.1) is 17.2 Å². The molecule has 0 bridgehead atoms. The third-order valence-corrected chi connectivity index (χ3v) is 3.24. The molecule has 4 nitrogen and oxygen atoms in total. The first kappa shape index (κ1) is 12.6. The van der Waals surface area contributed by atoms with Gasteiger partial charge in [-0.25, -0.2) is 9.97 Å². The largest absolute Gasteiger partial charge is 0.391 e. The molecule has 0 aromatic carbocycles. The SMILES string of the molecule is CN(c1cnc(C#N)cn1)[C@H]1C[C@@H](C(F)(F)F)C1. The van der Waals surface area contributed by atoms with Gasteiger partial charge in [0, 0.05) is 13.1 Å². The van der Waals surface area contributed by atoms with Crippen LogP contribution >= 0.6 is 0 Å². The lowest BCUT2D eigenvalue weighted by atomic mass is 9.79. The number of hydrogen-bond acceptors (Lipinski definition) is 4. The molecule has 0 N–H and O–H groups in total. The predicted molar refractivity (Wildman–Crippen MR) is 57.7 cm³/mol. The highest BCUT2D eigenvalue weighted by Gasteiger charge is 2.49. The zero-order valence-corrected chi connectivity index (χ0v) is 9.65. The second-order valence-corrected chi connectivity index (χ2v) is 4.35. The maximum absolute atomic E-state index is 12.4. The molecule has 2 rings (SSSR count). The Bertz CT molecular complexity index is 457. The van der Waals surface area contributed by atoms with Gasteiger partial charge in [0.15, 0.2) is 5.69 Å². The molecule has 0 aliphatic heterocycles. The molecule has 0 amide bonds. The molecule has 0 radical (unpaired) electrons. The Morgan fingerprint density at radius 1 is 1.33 bits per heavy atom. The summed E-state index contributed by atoms with van der Waals surface area (Å²) in [6, 6.07) is 1.67. The minimum atomic E-state index is -4.10. The Balaban J connectivity index is 1.97. The zero-order valence-electron chi connectivity index (χ0n) is 9.65. The summed E-state index contributed by atoms with van der Waals surface area (Å²) in [5, 5.41) is 8.57. The number of halogens is 3. The molecule has 0 spiro atoms. The van der Waals surface area contributed by atoms with E-state index in [2.05, 4.69) is 9.97 Å². The van der Waals surface area contributed by atoms with E-state index < -0.39 is 12.1 Å². The van der Waals surface area contributed by atoms with Gasteiger partial charge >= 0.3 is 6.18 Å². The monoisotopic (exact) mass is 256 g/mol. The average molecular weight is 256 g/mol. The Kier molecular flexibility index (Phi) is 3.11. The predicted octanol–water partition coefficient (Wildman–Crippen LogP) is 2.13. The summed E-state index contributed by atoms with van der Waals surface area (Å²) in [4.78, 5) is 9.52. The molecule has 1 fully saturated rings. The normalized spacial score (nSPS) is 23.1. The second kappa shape index (κ2) is 4.44. The summed E-state index contributed by atoms with van der Waals surface area (Å²) in [5.74, 6) is -0.726. The van der Waals surface area contributed by atoms with Crippen LogP contribution in [-0.2, 0) is 0 Å². The van der Waals surface area contributed by atoms with Crippen molar-refractivity contribution in [3.8, 4) is 6.07 Å². The molecule has 1 aromatic heterocycles. The van der Waals surface area contributed by atoms with Crippen LogP contribution in [0.25, 0.3) is 0 Å². The molecule has 0 atom stereocenters. The van der Waals surface area contributed by atoms with Crippen molar-refractivity contribution < 1.29 is 13.2 Å². The van der Waals surface area contributed by atoms with E-state index in [1.165, 1.54) is 12.4 Å². The van der Waals surface area contributed by atoms with E-state index in [0.29, 0.717) is 5.82 Å². The van der Waals surface area contributed by atoms with E-state index in [4.69, 9.17) is 5.26 Å². The van der Waals surface area contributed by atoms with Crippen LogP contribution in [0.2, 0.25) is 0 Å². The van der Waals surface area contributed by atoms with Crippen molar-refractivity contribution in [2.24, 2.45) is 5.92 Å². The van der Waals surface area contributed by atoms with Crippen molar-refractivity contribution >= 4 is 5.82 Å². The highest BCUT2D eigenvalue weighted by Crippen LogP contribution is 2.43. The fraction of sp³-hybridized carbons (Fsp3) is 0.545. The van der Waals surface area contributed by atoms with Gasteiger partial charge in [0.25, 0.3) is 0 Å². The Hall–Kier alpha value is -1.84. The third kappa shape index (κ3) is 2.37. The van der Waals surface area contributed by atoms with Gasteiger partial charge in [0.05, 0.1) is 18.3 Å². The first-order valence-corrected chi connectivity index (χ1v) is 5.43. The van der Waals surface area contributed by atoms with Gasteiger partial charge in [0.1, 0.15) is 11.9 Å². The molecule has 0 unspecified atom stereocenters. The zero-order chi connectivity index (χ0) is 13.3. The topological polar surface area (TPSA) is 52.8 Å². The third-order valence-electron chi connectivity index (χ3n) is 3.24. The van der Waals surface area contributed by atoms with Crippen LogP contribution in [0.1, 0.15) is 18.5 Å². The summed E-state index contributed by atoms with van der Waals surface area (Å²) in [5.41, 5.74) is 0.189. The van der Waals surface area contributed by atoms with Gasteiger partial charge in [-0.1, -0.05) is 0 Å². The van der Waals surface area contributed by atoms with Gasteiger partial charge in [-0.05, 0) is 12.8 Å². The quantitative estimate of drug-likeness (QED) is 0.813. The molecule has 18 heavy (non-hydrogen) atoms. The Morgan fingerprint density at radius 3 is 2.44 bits per heavy atom. The van der Waals surface area contributed by atoms with E-state index in [1.807, 2.05) is 6.07 Å². The van der Waals surface area contributed by atoms with E-state index in [1.54, 1.807) is 11.9 Å². The smallest absolute Gasteiger partial charge is 0.355 e. The minimum Gasteiger partial charge on any atom is -0.355 e. The van der Waals surface area contributed by atoms with E-state index in [9.17, 15) is 13.2 Å². The van der Waals surface area contributed by atoms with Gasteiger partial charge in [-0.2, -0.15) is 18.4 Å². The van der Waals surface area contributed by atoms with Crippen molar-refractivity contribution in [3.05, 3.63) is 18.1 Å². The van der Waals surface area contributed by atoms with Gasteiger partial charge < -0.3 is 4.90 Å². The van der Waals surface area contributed by atoms with Crippen LogP contribution in [0.15, 0.2) is 12.4 Å². The van der Waals surface area contributed by atoms with Gasteiger partial charge in [-0.15, -0.1) is 0 Å². The van der Waals surface area contributed by atoms with Crippen molar-refractivity contribution in [1.82, 2.24) is 9.97 Å². The highest BCUT2D eigenvalue weighted by atomic mass is 19.4. The summed E-state index contributed by atoms with van der Waals surface area (Å²) < 4.78 is 37.1. The van der Waals surface area contributed by atoms with Crippen LogP contribution in [0.3, 0.4) is 0 Å². The standard InChI is InChI=1S/C11H11F3N4/c1-18(9-2-7(3-9)11(12,13)14)10-6-16-8(4-15)5-17-10/h5-7,9H,2-3H2,1H3/t7-,9+. The molecule has 1 aliphatic carbocycles. The summed E-state index contributed by atoms with van der Waals surface area (Å²) in [6.07, 6.45) is -1.22. The maximum Gasteiger partial charge on any atom is 0.391 e. The van der Waals surface area contributed by atoms with E-state index in [-0.39, 0.29) is 24.6 Å². The van der Waals surface area contributed by atoms with Crippen LogP contribution in [-0.4, -0.2) is 29.2 Å². The maximum atomic E-state index is 12.4. The molecule has 1 saturated carbocycles. The number of nitriles is 1. The second-order valence-electron chi connectivity index (χ2n) is 4.35. The fourth-order valence-electron chi connectivity index (χ4n) is 1.92. The molecule has 0 saturated heterocycles. The van der Waals surface area contributed by atoms with Gasteiger partial charge in [0.2, 0.25) is 0 Å². The lowest BCUT2D eigenvalue weighted by Gasteiger charge is -2.42. The van der Waals surface area contributed by atoms with Crippen LogP contribution in [0.5, 0.6) is 0 Å². The average Bonchev–Trinajstić information content (AvgIpc) is 2.25. The molecule has 7 heteroatoms. The van der Waals surface area contributed by atoms with Gasteiger partial charge in [-0.3, -0.25) is 0 Å². The fourth-order valence-corrected chi connectivity index (χ4v) is 1.92. The van der Waals surface area contributed by atoms with Crippen molar-refractivity contribution in [3.63, 3.8) is 0 Å². The van der Waals surface area contributed by atoms with Crippen molar-refractivity contribution in [2.45, 2.75) is 25.1 Å². The molecular weight excluding hydrogens is 245 g/mol. The highest BCUT2D eigenvalue weighted by molar-refractivity contribution is 5.38. The minimum absolute atomic E-state index is 0.0850. The molecule has 1 aromatic rings. The number of nitrogens with zero attached hydrogens (tertiary/aromatic N) is 4. The first-order chi connectivity index (χ1) is 8.41. The number of alkyl halides is 3. The first-order valence-electron chi connectivity index (χ1n) is 5.43. The Morgan fingerprint density at radius 2 is 2.00 bits per heavy atom. The molecule has 96 valence electrons. The molecule has 1 aliphatic rings. The number of rotatable bonds is 2. The lowest BCUT2D eigenvalue weighted by molar-refractivity contribution is -0.196. The summed E-state index contributed by atoms with van der Waals surface area (Å²) in [7, 11) is 1.69. The Labute approximate surface area is 102 Å². The summed E-state index contributed by atoms with van der Waals surface area (Å²) >= 11 is 0. The van der Waals surface area contributed by atoms with Crippen LogP contribution in [0.4, 0.5) is 19.0 Å². The lowest BCUT2D eigenvalue weighted by Crippen LogP contribution is -2.48. The summed E-state index contributed by atoms with van der Waals surface area (Å²) in [6.45, 7) is 0. The molecule has 1 heterocycles. The number of anilines is 1. The van der Waals surface area contributed by atoms with Crippen molar-refractivity contribution in [2.75, 3.05) is 11.9 Å². The van der Waals surface area contributed by atoms with Crippen LogP contribution < -0.4 is 4.90 Å². The molecular formula is C11H11F3N4. The number of aromatic nitrogens is 2. The van der Waals surface area contributed by atoms with E-state index in [0.717, 1.165) is 0 Å². The number of hydrogen-bond donors (Lipinski definition) is 0.